The van der Waals surface area contributed by atoms with E-state index in [2.05, 4.69) is 0 Å². The summed E-state index contributed by atoms with van der Waals surface area (Å²) in [6.45, 7) is 12.9. The lowest BCUT2D eigenvalue weighted by molar-refractivity contribution is -0.142. The number of aliphatic carboxylic acids is 1. The van der Waals surface area contributed by atoms with Gasteiger partial charge in [-0.3, -0.25) is 9.59 Å². The number of carboxylic acids is 1. The molecule has 0 amide bonds. The van der Waals surface area contributed by atoms with Gasteiger partial charge in [-0.1, -0.05) is 42.1 Å². The Bertz CT molecular complexity index is 764. The molecule has 0 spiro atoms. The lowest BCUT2D eigenvalue weighted by Gasteiger charge is -2.32. The molecule has 28 heavy (non-hydrogen) atoms. The number of rotatable bonds is 6. The van der Waals surface area contributed by atoms with Crippen LogP contribution >= 0.6 is 11.8 Å². The topological polar surface area (TPSA) is 72.8 Å². The molecule has 1 aliphatic rings. The number of carboxylic acid groups (broad SMARTS) is 1. The molecule has 152 valence electrons. The molecule has 1 heterocycles. The van der Waals surface area contributed by atoms with Crippen LogP contribution in [0.4, 0.5) is 0 Å². The van der Waals surface area contributed by atoms with Gasteiger partial charge in [0.2, 0.25) is 0 Å². The summed E-state index contributed by atoms with van der Waals surface area (Å²) in [6, 6.07) is 7.40. The van der Waals surface area contributed by atoms with E-state index in [-0.39, 0.29) is 5.12 Å². The fourth-order valence-electron chi connectivity index (χ4n) is 2.69. The monoisotopic (exact) mass is 404 g/mol. The summed E-state index contributed by atoms with van der Waals surface area (Å²) in [4.78, 5) is 22.9. The Kier molecular flexibility index (Phi) is 6.53. The minimum Gasteiger partial charge on any atom is -0.481 e. The number of benzene rings is 1. The molecule has 2 rings (SSSR count). The van der Waals surface area contributed by atoms with Crippen LogP contribution in [0.15, 0.2) is 29.7 Å². The van der Waals surface area contributed by atoms with Gasteiger partial charge in [-0.05, 0) is 58.1 Å². The van der Waals surface area contributed by atoms with E-state index in [1.807, 2.05) is 58.0 Å². The smallest absolute Gasteiger partial charge is 0.481 e. The minimum atomic E-state index is -0.957. The second kappa shape index (κ2) is 8.05. The van der Waals surface area contributed by atoms with Crippen molar-refractivity contribution in [3.05, 3.63) is 40.9 Å². The standard InChI is InChI=1S/C21H29BO5S/c1-14(23)28-13-17(22-26-20(4,5)21(6,7)27-22)12-15-8-10-16(11-9-15)19(2,3)18(24)25/h8-12H,13H2,1-7H3,(H,24,25). The molecule has 0 aliphatic carbocycles. The van der Waals surface area contributed by atoms with Crippen molar-refractivity contribution in [1.29, 1.82) is 0 Å². The van der Waals surface area contributed by atoms with E-state index in [1.165, 1.54) is 18.7 Å². The maximum Gasteiger partial charge on any atom is 0.491 e. The van der Waals surface area contributed by atoms with E-state index in [0.29, 0.717) is 5.75 Å². The molecule has 1 aromatic carbocycles. The molecule has 1 fully saturated rings. The van der Waals surface area contributed by atoms with E-state index < -0.39 is 29.7 Å². The Morgan fingerprint density at radius 1 is 1.11 bits per heavy atom. The summed E-state index contributed by atoms with van der Waals surface area (Å²) < 4.78 is 12.3. The number of carbonyl (C=O) groups is 2. The van der Waals surface area contributed by atoms with Gasteiger partial charge in [0.25, 0.3) is 0 Å². The predicted octanol–water partition coefficient (Wildman–Crippen LogP) is 4.34. The van der Waals surface area contributed by atoms with Gasteiger partial charge in [-0.2, -0.15) is 0 Å². The highest BCUT2D eigenvalue weighted by molar-refractivity contribution is 8.13. The first-order valence-corrected chi connectivity index (χ1v) is 10.3. The van der Waals surface area contributed by atoms with E-state index in [0.717, 1.165) is 16.6 Å². The third-order valence-electron chi connectivity index (χ3n) is 5.52. The van der Waals surface area contributed by atoms with Crippen LogP contribution in [0.1, 0.15) is 59.6 Å². The minimum absolute atomic E-state index is 0.0287. The molecule has 1 aliphatic heterocycles. The van der Waals surface area contributed by atoms with Gasteiger partial charge in [0.1, 0.15) is 0 Å². The van der Waals surface area contributed by atoms with Crippen molar-refractivity contribution in [2.45, 2.75) is 65.1 Å². The zero-order valence-corrected chi connectivity index (χ0v) is 18.5. The fourth-order valence-corrected chi connectivity index (χ4v) is 3.28. The van der Waals surface area contributed by atoms with Crippen LogP contribution in [0.2, 0.25) is 0 Å². The number of carbonyl (C=O) groups excluding carboxylic acids is 1. The molecule has 7 heteroatoms. The van der Waals surface area contributed by atoms with Gasteiger partial charge in [-0.25, -0.2) is 0 Å². The highest BCUT2D eigenvalue weighted by Crippen LogP contribution is 2.39. The molecule has 1 N–H and O–H groups in total. The average molecular weight is 404 g/mol. The second-order valence-corrected chi connectivity index (χ2v) is 9.79. The van der Waals surface area contributed by atoms with Crippen molar-refractivity contribution < 1.29 is 24.0 Å². The van der Waals surface area contributed by atoms with Crippen molar-refractivity contribution in [2.75, 3.05) is 5.75 Å². The molecule has 0 saturated carbocycles. The normalized spacial score (nSPS) is 19.0. The summed E-state index contributed by atoms with van der Waals surface area (Å²) in [6.07, 6.45) is 1.95. The Hall–Kier alpha value is -1.57. The van der Waals surface area contributed by atoms with Crippen LogP contribution in [-0.4, -0.2) is 40.3 Å². The molecule has 0 atom stereocenters. The number of hydrogen-bond acceptors (Lipinski definition) is 5. The quantitative estimate of drug-likeness (QED) is 0.711. The number of thioether (sulfide) groups is 1. The Morgan fingerprint density at radius 2 is 1.61 bits per heavy atom. The Labute approximate surface area is 172 Å². The van der Waals surface area contributed by atoms with E-state index >= 15 is 0 Å². The zero-order valence-electron chi connectivity index (χ0n) is 17.7. The van der Waals surface area contributed by atoms with Crippen molar-refractivity contribution in [2.24, 2.45) is 0 Å². The molecular weight excluding hydrogens is 375 g/mol. The third kappa shape index (κ3) is 4.88. The van der Waals surface area contributed by atoms with E-state index in [4.69, 9.17) is 9.31 Å². The van der Waals surface area contributed by atoms with Crippen LogP contribution in [0.3, 0.4) is 0 Å². The van der Waals surface area contributed by atoms with Crippen molar-refractivity contribution >= 4 is 36.0 Å². The van der Waals surface area contributed by atoms with Crippen LogP contribution < -0.4 is 0 Å². The first-order chi connectivity index (χ1) is 12.8. The van der Waals surface area contributed by atoms with Crippen molar-refractivity contribution in [3.8, 4) is 0 Å². The lowest BCUT2D eigenvalue weighted by Crippen LogP contribution is -2.41. The van der Waals surface area contributed by atoms with Gasteiger partial charge in [-0.15, -0.1) is 0 Å². The molecular formula is C21H29BO5S. The van der Waals surface area contributed by atoms with Gasteiger partial charge in [0.05, 0.1) is 16.6 Å². The summed E-state index contributed by atoms with van der Waals surface area (Å²) in [5, 5.41) is 9.42. The van der Waals surface area contributed by atoms with E-state index in [1.54, 1.807) is 13.8 Å². The molecule has 1 aromatic rings. The van der Waals surface area contributed by atoms with Crippen molar-refractivity contribution in [3.63, 3.8) is 0 Å². The molecule has 0 aromatic heterocycles. The van der Waals surface area contributed by atoms with Crippen LogP contribution in [0.5, 0.6) is 0 Å². The first kappa shape index (κ1) is 22.7. The van der Waals surface area contributed by atoms with Gasteiger partial charge in [0, 0.05) is 12.7 Å². The molecule has 0 unspecified atom stereocenters. The lowest BCUT2D eigenvalue weighted by atomic mass is 9.78. The van der Waals surface area contributed by atoms with Crippen LogP contribution in [0.25, 0.3) is 6.08 Å². The van der Waals surface area contributed by atoms with Gasteiger partial charge < -0.3 is 14.4 Å². The largest absolute Gasteiger partial charge is 0.491 e. The van der Waals surface area contributed by atoms with Crippen LogP contribution in [-0.2, 0) is 24.3 Å². The SMILES string of the molecule is CC(=O)SCC(=Cc1ccc(C(C)(C)C(=O)O)cc1)B1OC(C)(C)C(C)(C)O1. The number of hydrogen-bond donors (Lipinski definition) is 1. The highest BCUT2D eigenvalue weighted by Gasteiger charge is 2.52. The molecule has 1 saturated heterocycles. The Morgan fingerprint density at radius 3 is 2.04 bits per heavy atom. The highest BCUT2D eigenvalue weighted by atomic mass is 32.2. The fraction of sp³-hybridized carbons (Fsp3) is 0.524. The zero-order chi connectivity index (χ0) is 21.3. The first-order valence-electron chi connectivity index (χ1n) is 9.30. The van der Waals surface area contributed by atoms with Gasteiger partial charge in [0.15, 0.2) is 5.12 Å². The second-order valence-electron chi connectivity index (χ2n) is 8.64. The Balaban J connectivity index is 2.32. The van der Waals surface area contributed by atoms with Crippen molar-refractivity contribution in [1.82, 2.24) is 0 Å². The predicted molar refractivity (Wildman–Crippen MR) is 114 cm³/mol. The summed E-state index contributed by atoms with van der Waals surface area (Å²) in [5.74, 6) is -0.402. The summed E-state index contributed by atoms with van der Waals surface area (Å²) in [5.41, 5.74) is 0.608. The summed E-state index contributed by atoms with van der Waals surface area (Å²) in [7, 11) is -0.535. The maximum atomic E-state index is 11.5. The molecule has 0 bridgehead atoms. The van der Waals surface area contributed by atoms with Crippen LogP contribution in [0, 0.1) is 0 Å². The van der Waals surface area contributed by atoms with Gasteiger partial charge >= 0.3 is 13.1 Å². The summed E-state index contributed by atoms with van der Waals surface area (Å²) >= 11 is 1.21. The molecule has 0 radical (unpaired) electrons. The van der Waals surface area contributed by atoms with E-state index in [9.17, 15) is 14.7 Å². The average Bonchev–Trinajstić information content (AvgIpc) is 2.79. The third-order valence-corrected chi connectivity index (χ3v) is 6.40. The maximum absolute atomic E-state index is 11.5. The molecule has 5 nitrogen and oxygen atoms in total.